The lowest BCUT2D eigenvalue weighted by Gasteiger charge is -2.29. The Morgan fingerprint density at radius 1 is 0.886 bits per heavy atom. The van der Waals surface area contributed by atoms with Crippen molar-refractivity contribution in [3.8, 4) is 5.75 Å². The van der Waals surface area contributed by atoms with E-state index in [9.17, 15) is 9.90 Å². The van der Waals surface area contributed by atoms with Crippen molar-refractivity contribution in [1.29, 1.82) is 0 Å². The van der Waals surface area contributed by atoms with Crippen molar-refractivity contribution in [1.82, 2.24) is 4.90 Å². The molecule has 1 aliphatic heterocycles. The molecule has 0 unspecified atom stereocenters. The number of aromatic carboxylic acids is 1. The number of hydrogen-bond acceptors (Lipinski definition) is 3. The van der Waals surface area contributed by atoms with Gasteiger partial charge in [0, 0.05) is 31.4 Å². The number of hydrogen-bond donors (Lipinski definition) is 1. The number of carboxylic acid groups (broad SMARTS) is 1. The van der Waals surface area contributed by atoms with Gasteiger partial charge in [0.25, 0.3) is 0 Å². The SMILES string of the molecule is O=C(O)c1ccc(/C=C(/CCOc2cccc3ccccc23)CN2CCc3ccccc3C2)cc1. The lowest BCUT2D eigenvalue weighted by atomic mass is 9.99. The summed E-state index contributed by atoms with van der Waals surface area (Å²) >= 11 is 0. The van der Waals surface area contributed by atoms with Gasteiger partial charge in [0.15, 0.2) is 0 Å². The Balaban J connectivity index is 1.32. The molecule has 0 bridgehead atoms. The van der Waals surface area contributed by atoms with Gasteiger partial charge in [0.1, 0.15) is 5.75 Å². The number of nitrogens with zero attached hydrogens (tertiary/aromatic N) is 1. The first-order valence-electron chi connectivity index (χ1n) is 12.1. The van der Waals surface area contributed by atoms with Crippen LogP contribution in [0.3, 0.4) is 0 Å². The Morgan fingerprint density at radius 3 is 2.46 bits per heavy atom. The molecule has 4 nitrogen and oxygen atoms in total. The Bertz CT molecular complexity index is 1350. The van der Waals surface area contributed by atoms with E-state index in [1.54, 1.807) is 12.1 Å². The van der Waals surface area contributed by atoms with Gasteiger partial charge >= 0.3 is 5.97 Å². The fourth-order valence-electron chi connectivity index (χ4n) is 4.74. The summed E-state index contributed by atoms with van der Waals surface area (Å²) in [5.74, 6) is -0.00335. The van der Waals surface area contributed by atoms with Crippen LogP contribution in [0, 0.1) is 0 Å². The van der Waals surface area contributed by atoms with Gasteiger partial charge in [-0.2, -0.15) is 0 Å². The smallest absolute Gasteiger partial charge is 0.335 e. The van der Waals surface area contributed by atoms with Crippen LogP contribution in [0.5, 0.6) is 5.75 Å². The Labute approximate surface area is 206 Å². The van der Waals surface area contributed by atoms with E-state index in [0.29, 0.717) is 12.2 Å². The zero-order valence-corrected chi connectivity index (χ0v) is 19.7. The van der Waals surface area contributed by atoms with Crippen molar-refractivity contribution in [3.63, 3.8) is 0 Å². The van der Waals surface area contributed by atoms with E-state index in [2.05, 4.69) is 53.4 Å². The van der Waals surface area contributed by atoms with Crippen molar-refractivity contribution in [2.45, 2.75) is 19.4 Å². The van der Waals surface area contributed by atoms with Gasteiger partial charge in [0.2, 0.25) is 0 Å². The van der Waals surface area contributed by atoms with Crippen molar-refractivity contribution in [3.05, 3.63) is 119 Å². The molecule has 0 saturated carbocycles. The maximum atomic E-state index is 11.2. The van der Waals surface area contributed by atoms with E-state index < -0.39 is 5.97 Å². The van der Waals surface area contributed by atoms with Crippen LogP contribution in [-0.2, 0) is 13.0 Å². The molecule has 1 heterocycles. The molecule has 0 saturated heterocycles. The molecule has 1 aliphatic rings. The molecule has 0 spiro atoms. The molecule has 0 radical (unpaired) electrons. The minimum atomic E-state index is -0.906. The summed E-state index contributed by atoms with van der Waals surface area (Å²) in [5, 5.41) is 11.5. The summed E-state index contributed by atoms with van der Waals surface area (Å²) in [6.07, 6.45) is 4.03. The predicted octanol–water partition coefficient (Wildman–Crippen LogP) is 6.45. The molecule has 4 aromatic carbocycles. The van der Waals surface area contributed by atoms with Crippen molar-refractivity contribution < 1.29 is 14.6 Å². The van der Waals surface area contributed by atoms with Gasteiger partial charge in [-0.3, -0.25) is 4.90 Å². The highest BCUT2D eigenvalue weighted by Gasteiger charge is 2.17. The molecule has 35 heavy (non-hydrogen) atoms. The first kappa shape index (κ1) is 22.9. The highest BCUT2D eigenvalue weighted by molar-refractivity contribution is 5.88. The second-order valence-corrected chi connectivity index (χ2v) is 9.03. The maximum absolute atomic E-state index is 11.2. The quantitative estimate of drug-likeness (QED) is 0.326. The van der Waals surface area contributed by atoms with Crippen LogP contribution < -0.4 is 4.74 Å². The highest BCUT2D eigenvalue weighted by atomic mass is 16.5. The Kier molecular flexibility index (Phi) is 6.92. The molecule has 0 aliphatic carbocycles. The van der Waals surface area contributed by atoms with Crippen LogP contribution in [0.4, 0.5) is 0 Å². The van der Waals surface area contributed by atoms with Gasteiger partial charge < -0.3 is 9.84 Å². The normalized spacial score (nSPS) is 14.0. The first-order valence-corrected chi connectivity index (χ1v) is 12.1. The average molecular weight is 464 g/mol. The Hall–Kier alpha value is -3.89. The van der Waals surface area contributed by atoms with E-state index in [-0.39, 0.29) is 0 Å². The summed E-state index contributed by atoms with van der Waals surface area (Å²) in [5.41, 5.74) is 5.42. The van der Waals surface area contributed by atoms with Crippen LogP contribution in [0.1, 0.15) is 33.5 Å². The molecule has 0 amide bonds. The minimum Gasteiger partial charge on any atom is -0.493 e. The van der Waals surface area contributed by atoms with Crippen molar-refractivity contribution in [2.75, 3.05) is 19.7 Å². The van der Waals surface area contributed by atoms with Gasteiger partial charge in [-0.25, -0.2) is 4.79 Å². The van der Waals surface area contributed by atoms with Crippen LogP contribution >= 0.6 is 0 Å². The van der Waals surface area contributed by atoms with Crippen LogP contribution in [0.2, 0.25) is 0 Å². The molecule has 0 aromatic heterocycles. The molecule has 0 fully saturated rings. The summed E-state index contributed by atoms with van der Waals surface area (Å²) in [7, 11) is 0. The molecular formula is C31H29NO3. The Morgan fingerprint density at radius 2 is 1.63 bits per heavy atom. The van der Waals surface area contributed by atoms with Crippen LogP contribution in [-0.4, -0.2) is 35.7 Å². The zero-order chi connectivity index (χ0) is 24.0. The second kappa shape index (κ2) is 10.6. The molecule has 176 valence electrons. The zero-order valence-electron chi connectivity index (χ0n) is 19.7. The number of rotatable bonds is 8. The van der Waals surface area contributed by atoms with Gasteiger partial charge in [-0.05, 0) is 46.7 Å². The summed E-state index contributed by atoms with van der Waals surface area (Å²) in [4.78, 5) is 13.7. The lowest BCUT2D eigenvalue weighted by Crippen LogP contribution is -2.32. The van der Waals surface area contributed by atoms with Crippen molar-refractivity contribution >= 4 is 22.8 Å². The van der Waals surface area contributed by atoms with Gasteiger partial charge in [-0.15, -0.1) is 0 Å². The topological polar surface area (TPSA) is 49.8 Å². The van der Waals surface area contributed by atoms with Crippen LogP contribution in [0.15, 0.2) is 96.6 Å². The molecule has 4 aromatic rings. The third kappa shape index (κ3) is 5.61. The maximum Gasteiger partial charge on any atom is 0.335 e. The average Bonchev–Trinajstić information content (AvgIpc) is 2.89. The highest BCUT2D eigenvalue weighted by Crippen LogP contribution is 2.26. The van der Waals surface area contributed by atoms with E-state index in [1.165, 1.54) is 22.1 Å². The number of carbonyl (C=O) groups is 1. The van der Waals surface area contributed by atoms with E-state index in [0.717, 1.165) is 49.2 Å². The standard InChI is InChI=1S/C31H29NO3/c33-31(34)27-14-12-23(13-15-27)20-24(21-32-18-16-25-6-1-2-8-28(25)22-32)17-19-35-30-11-5-9-26-7-3-4-10-29(26)30/h1-15,20H,16-19,21-22H2,(H,33,34)/b24-20-. The summed E-state index contributed by atoms with van der Waals surface area (Å²) < 4.78 is 6.25. The molecule has 1 N–H and O–H groups in total. The van der Waals surface area contributed by atoms with Crippen LogP contribution in [0.25, 0.3) is 16.8 Å². The summed E-state index contributed by atoms with van der Waals surface area (Å²) in [6.45, 7) is 3.40. The van der Waals surface area contributed by atoms with Gasteiger partial charge in [-0.1, -0.05) is 84.4 Å². The summed E-state index contributed by atoms with van der Waals surface area (Å²) in [6, 6.07) is 30.2. The number of ether oxygens (including phenoxy) is 1. The molecular weight excluding hydrogens is 434 g/mol. The monoisotopic (exact) mass is 463 g/mol. The van der Waals surface area contributed by atoms with E-state index >= 15 is 0 Å². The molecule has 5 rings (SSSR count). The predicted molar refractivity (Wildman–Crippen MR) is 141 cm³/mol. The molecule has 0 atom stereocenters. The minimum absolute atomic E-state index is 0.302. The second-order valence-electron chi connectivity index (χ2n) is 9.03. The fourth-order valence-corrected chi connectivity index (χ4v) is 4.74. The van der Waals surface area contributed by atoms with E-state index in [1.807, 2.05) is 36.4 Å². The third-order valence-corrected chi connectivity index (χ3v) is 6.60. The van der Waals surface area contributed by atoms with Crippen molar-refractivity contribution in [2.24, 2.45) is 0 Å². The van der Waals surface area contributed by atoms with E-state index in [4.69, 9.17) is 4.74 Å². The number of fused-ring (bicyclic) bond motifs is 2. The van der Waals surface area contributed by atoms with Gasteiger partial charge in [0.05, 0.1) is 12.2 Å². The first-order chi connectivity index (χ1) is 17.2. The number of benzene rings is 4. The molecule has 4 heteroatoms. The lowest BCUT2D eigenvalue weighted by molar-refractivity contribution is 0.0697. The largest absolute Gasteiger partial charge is 0.493 e. The fraction of sp³-hybridized carbons (Fsp3) is 0.194. The number of carboxylic acids is 1. The third-order valence-electron chi connectivity index (χ3n) is 6.60.